The molecule has 1 aromatic carbocycles. The molecule has 5 heteroatoms. The van der Waals surface area contributed by atoms with Gasteiger partial charge in [0.25, 0.3) is 0 Å². The fourth-order valence-corrected chi connectivity index (χ4v) is 2.14. The summed E-state index contributed by atoms with van der Waals surface area (Å²) in [7, 11) is 3.65. The molecule has 0 amide bonds. The second kappa shape index (κ2) is 6.34. The van der Waals surface area contributed by atoms with Crippen molar-refractivity contribution in [1.82, 2.24) is 4.98 Å². The zero-order valence-corrected chi connectivity index (χ0v) is 12.4. The first kappa shape index (κ1) is 14.3. The van der Waals surface area contributed by atoms with E-state index in [1.54, 1.807) is 13.3 Å². The molecule has 0 aliphatic heterocycles. The van der Waals surface area contributed by atoms with Gasteiger partial charge >= 0.3 is 0 Å². The maximum absolute atomic E-state index is 5.71. The number of thiocarbonyl (C=S) groups is 1. The largest absolute Gasteiger partial charge is 0.497 e. The van der Waals surface area contributed by atoms with E-state index in [2.05, 4.69) is 9.88 Å². The Morgan fingerprint density at radius 2 is 2.00 bits per heavy atom. The van der Waals surface area contributed by atoms with Crippen LogP contribution >= 0.6 is 12.2 Å². The second-order valence-electron chi connectivity index (χ2n) is 4.44. The third-order valence-corrected chi connectivity index (χ3v) is 3.20. The highest BCUT2D eigenvalue weighted by molar-refractivity contribution is 7.80. The number of rotatable bonds is 5. The lowest BCUT2D eigenvalue weighted by atomic mass is 10.2. The van der Waals surface area contributed by atoms with Gasteiger partial charge in [-0.1, -0.05) is 24.4 Å². The van der Waals surface area contributed by atoms with Crippen molar-refractivity contribution in [3.8, 4) is 5.75 Å². The second-order valence-corrected chi connectivity index (χ2v) is 4.88. The van der Waals surface area contributed by atoms with Crippen LogP contribution < -0.4 is 15.4 Å². The molecule has 1 aromatic heterocycles. The topological polar surface area (TPSA) is 51.4 Å². The predicted molar refractivity (Wildman–Crippen MR) is 85.2 cm³/mol. The molecular weight excluding hydrogens is 270 g/mol. The van der Waals surface area contributed by atoms with Crippen molar-refractivity contribution in [1.29, 1.82) is 0 Å². The molecule has 2 rings (SSSR count). The summed E-state index contributed by atoms with van der Waals surface area (Å²) in [6.45, 7) is 0.741. The van der Waals surface area contributed by atoms with Gasteiger partial charge in [-0.3, -0.25) is 4.98 Å². The molecule has 20 heavy (non-hydrogen) atoms. The van der Waals surface area contributed by atoms with Crippen molar-refractivity contribution >= 4 is 22.9 Å². The quantitative estimate of drug-likeness (QED) is 0.856. The molecular formula is C15H17N3OS. The number of anilines is 1. The highest BCUT2D eigenvalue weighted by Crippen LogP contribution is 2.20. The fraction of sp³-hybridized carbons (Fsp3) is 0.200. The lowest BCUT2D eigenvalue weighted by Gasteiger charge is -2.21. The molecule has 0 radical (unpaired) electrons. The number of nitrogens with zero attached hydrogens (tertiary/aromatic N) is 2. The number of pyridine rings is 1. The van der Waals surface area contributed by atoms with Gasteiger partial charge in [0.15, 0.2) is 0 Å². The Labute approximate surface area is 124 Å². The minimum absolute atomic E-state index is 0.308. The smallest absolute Gasteiger partial charge is 0.124 e. The molecule has 0 atom stereocenters. The summed E-state index contributed by atoms with van der Waals surface area (Å²) in [6, 6.07) is 11.8. The normalized spacial score (nSPS) is 10.1. The Balaban J connectivity index is 2.19. The van der Waals surface area contributed by atoms with Crippen LogP contribution in [0.15, 0.2) is 42.6 Å². The van der Waals surface area contributed by atoms with Crippen LogP contribution in [0.1, 0.15) is 11.3 Å². The summed E-state index contributed by atoms with van der Waals surface area (Å²) < 4.78 is 5.15. The highest BCUT2D eigenvalue weighted by atomic mass is 32.1. The molecule has 0 aliphatic carbocycles. The standard InChI is InChI=1S/C15H17N3OS/c1-18(10-11-5-7-12(19-2)8-6-11)13-4-3-9-17-14(13)15(16)20/h3-9H,10H2,1-2H3,(H2,16,20). The molecule has 2 N–H and O–H groups in total. The van der Waals surface area contributed by atoms with Crippen molar-refractivity contribution in [2.24, 2.45) is 5.73 Å². The van der Waals surface area contributed by atoms with Crippen molar-refractivity contribution in [2.45, 2.75) is 6.54 Å². The average molecular weight is 287 g/mol. The number of aromatic nitrogens is 1. The van der Waals surface area contributed by atoms with Gasteiger partial charge in [0, 0.05) is 19.8 Å². The zero-order chi connectivity index (χ0) is 14.5. The molecule has 104 valence electrons. The molecule has 0 fully saturated rings. The molecule has 0 aliphatic rings. The zero-order valence-electron chi connectivity index (χ0n) is 11.5. The summed E-state index contributed by atoms with van der Waals surface area (Å²) in [5.41, 5.74) is 8.46. The maximum atomic E-state index is 5.71. The van der Waals surface area contributed by atoms with E-state index in [1.807, 2.05) is 43.4 Å². The molecule has 2 aromatic rings. The molecule has 1 heterocycles. The summed E-state index contributed by atoms with van der Waals surface area (Å²) in [5, 5.41) is 0. The summed E-state index contributed by atoms with van der Waals surface area (Å²) in [4.78, 5) is 6.62. The van der Waals surface area contributed by atoms with Crippen LogP contribution in [0.4, 0.5) is 5.69 Å². The fourth-order valence-electron chi connectivity index (χ4n) is 1.98. The van der Waals surface area contributed by atoms with Gasteiger partial charge in [0.1, 0.15) is 16.4 Å². The van der Waals surface area contributed by atoms with E-state index in [0.29, 0.717) is 10.7 Å². The first-order valence-electron chi connectivity index (χ1n) is 6.20. The van der Waals surface area contributed by atoms with Crippen LogP contribution in [0.2, 0.25) is 0 Å². The lowest BCUT2D eigenvalue weighted by Crippen LogP contribution is -2.22. The van der Waals surface area contributed by atoms with Gasteiger partial charge in [-0.15, -0.1) is 0 Å². The predicted octanol–water partition coefficient (Wildman–Crippen LogP) is 2.36. The van der Waals surface area contributed by atoms with Crippen LogP contribution in [0.3, 0.4) is 0 Å². The van der Waals surface area contributed by atoms with E-state index in [-0.39, 0.29) is 0 Å². The van der Waals surface area contributed by atoms with Crippen LogP contribution in [0.5, 0.6) is 5.75 Å². The van der Waals surface area contributed by atoms with E-state index in [9.17, 15) is 0 Å². The van der Waals surface area contributed by atoms with E-state index in [4.69, 9.17) is 22.7 Å². The Kier molecular flexibility index (Phi) is 4.53. The summed E-state index contributed by atoms with van der Waals surface area (Å²) in [6.07, 6.45) is 1.69. The summed E-state index contributed by atoms with van der Waals surface area (Å²) >= 11 is 5.04. The van der Waals surface area contributed by atoms with Gasteiger partial charge in [-0.05, 0) is 29.8 Å². The maximum Gasteiger partial charge on any atom is 0.124 e. The third kappa shape index (κ3) is 3.24. The van der Waals surface area contributed by atoms with E-state index in [0.717, 1.165) is 18.0 Å². The summed E-state index contributed by atoms with van der Waals surface area (Å²) in [5.74, 6) is 0.849. The molecule has 0 bridgehead atoms. The SMILES string of the molecule is COc1ccc(CN(C)c2cccnc2C(N)=S)cc1. The molecule has 0 saturated carbocycles. The van der Waals surface area contributed by atoms with E-state index in [1.165, 1.54) is 5.56 Å². The number of hydrogen-bond donors (Lipinski definition) is 1. The Morgan fingerprint density at radius 1 is 1.30 bits per heavy atom. The van der Waals surface area contributed by atoms with Crippen LogP contribution in [-0.2, 0) is 6.54 Å². The first-order valence-corrected chi connectivity index (χ1v) is 6.61. The molecule has 0 saturated heterocycles. The number of hydrogen-bond acceptors (Lipinski definition) is 4. The monoisotopic (exact) mass is 287 g/mol. The van der Waals surface area contributed by atoms with Crippen molar-refractivity contribution in [2.75, 3.05) is 19.1 Å². The van der Waals surface area contributed by atoms with Crippen LogP contribution in [-0.4, -0.2) is 24.1 Å². The molecule has 0 unspecified atom stereocenters. The number of benzene rings is 1. The first-order chi connectivity index (χ1) is 9.61. The Bertz CT molecular complexity index is 598. The lowest BCUT2D eigenvalue weighted by molar-refractivity contribution is 0.414. The van der Waals surface area contributed by atoms with Crippen molar-refractivity contribution in [3.05, 3.63) is 53.9 Å². The molecule has 4 nitrogen and oxygen atoms in total. The number of methoxy groups -OCH3 is 1. The average Bonchev–Trinajstić information content (AvgIpc) is 2.48. The van der Waals surface area contributed by atoms with E-state index >= 15 is 0 Å². The Morgan fingerprint density at radius 3 is 2.60 bits per heavy atom. The van der Waals surface area contributed by atoms with Crippen molar-refractivity contribution < 1.29 is 4.74 Å². The van der Waals surface area contributed by atoms with Gasteiger partial charge in [0.2, 0.25) is 0 Å². The Hall–Kier alpha value is -2.14. The van der Waals surface area contributed by atoms with Gasteiger partial charge in [0.05, 0.1) is 12.8 Å². The van der Waals surface area contributed by atoms with Crippen LogP contribution in [0.25, 0.3) is 0 Å². The van der Waals surface area contributed by atoms with Gasteiger partial charge < -0.3 is 15.4 Å². The highest BCUT2D eigenvalue weighted by Gasteiger charge is 2.10. The van der Waals surface area contributed by atoms with Crippen LogP contribution in [0, 0.1) is 0 Å². The molecule has 0 spiro atoms. The van der Waals surface area contributed by atoms with Gasteiger partial charge in [-0.25, -0.2) is 0 Å². The minimum atomic E-state index is 0.308. The number of ether oxygens (including phenoxy) is 1. The van der Waals surface area contributed by atoms with Gasteiger partial charge in [-0.2, -0.15) is 0 Å². The van der Waals surface area contributed by atoms with Crippen molar-refractivity contribution in [3.63, 3.8) is 0 Å². The minimum Gasteiger partial charge on any atom is -0.497 e. The third-order valence-electron chi connectivity index (χ3n) is 3.01. The van der Waals surface area contributed by atoms with E-state index < -0.39 is 0 Å². The number of nitrogens with two attached hydrogens (primary N) is 1.